The molecule has 1 atom stereocenters. The first-order chi connectivity index (χ1) is 21.7. The number of hydrogen-bond donors (Lipinski definition) is 1. The van der Waals surface area contributed by atoms with Crippen molar-refractivity contribution in [3.05, 3.63) is 113 Å². The Hall–Kier alpha value is -4.43. The molecule has 6 rings (SSSR count). The SMILES string of the molecule is O=C(CC1CN(S(=O)(=O)c2cc3ccc(Cl)cc3s2)CCN1C(=O)c1ncc(-c2cccc[n+]2[O-])cn1)NCc1ccccc1. The number of nitrogens with one attached hydrogen (secondary N) is 1. The zero-order valence-electron chi connectivity index (χ0n) is 23.7. The molecule has 2 amide bonds. The van der Waals surface area contributed by atoms with E-state index in [1.165, 1.54) is 27.8 Å². The number of thiophene rings is 1. The quantitative estimate of drug-likeness (QED) is 0.197. The van der Waals surface area contributed by atoms with Crippen molar-refractivity contribution in [2.75, 3.05) is 19.6 Å². The highest BCUT2D eigenvalue weighted by Gasteiger charge is 2.39. The van der Waals surface area contributed by atoms with Crippen LogP contribution < -0.4 is 10.0 Å². The standard InChI is InChI=1S/C31H27ClN6O5S2/c32-24-10-9-22-14-29(44-27(22)15-24)45(42,43)36-12-13-37(25(20-36)16-28(39)33-17-21-6-2-1-3-7-21)31(40)30-34-18-23(19-35-30)26-8-4-5-11-38(26)41/h1-11,14-15,18-19,25H,12-13,16-17,20H2,(H,33,39). The molecule has 0 bridgehead atoms. The van der Waals surface area contributed by atoms with Crippen LogP contribution in [0.5, 0.6) is 0 Å². The largest absolute Gasteiger partial charge is 0.618 e. The van der Waals surface area contributed by atoms with Gasteiger partial charge in [-0.2, -0.15) is 9.04 Å². The van der Waals surface area contributed by atoms with Crippen molar-refractivity contribution in [1.82, 2.24) is 24.5 Å². The number of rotatable bonds is 8. The predicted molar refractivity (Wildman–Crippen MR) is 170 cm³/mol. The first-order valence-corrected chi connectivity index (χ1v) is 16.6. The molecule has 2 aromatic carbocycles. The van der Waals surface area contributed by atoms with Crippen LogP contribution in [0.4, 0.5) is 0 Å². The van der Waals surface area contributed by atoms with Gasteiger partial charge in [0.2, 0.25) is 17.4 Å². The Morgan fingerprint density at radius 2 is 1.78 bits per heavy atom. The molecule has 14 heteroatoms. The second-order valence-corrected chi connectivity index (χ2v) is 14.1. The lowest BCUT2D eigenvalue weighted by Crippen LogP contribution is -2.57. The van der Waals surface area contributed by atoms with Gasteiger partial charge in [-0.15, -0.1) is 11.3 Å². The van der Waals surface area contributed by atoms with Gasteiger partial charge in [0.15, 0.2) is 6.20 Å². The summed E-state index contributed by atoms with van der Waals surface area (Å²) in [5.41, 5.74) is 1.66. The number of fused-ring (bicyclic) bond motifs is 1. The number of hydrogen-bond acceptors (Lipinski definition) is 8. The first-order valence-electron chi connectivity index (χ1n) is 14.0. The number of pyridine rings is 1. The Kier molecular flexibility index (Phi) is 8.76. The molecule has 0 spiro atoms. The summed E-state index contributed by atoms with van der Waals surface area (Å²) >= 11 is 7.23. The Labute approximate surface area is 268 Å². The summed E-state index contributed by atoms with van der Waals surface area (Å²) in [4.78, 5) is 36.7. The van der Waals surface area contributed by atoms with Crippen LogP contribution in [0.25, 0.3) is 21.3 Å². The van der Waals surface area contributed by atoms with Gasteiger partial charge in [-0.25, -0.2) is 18.4 Å². The Bertz CT molecular complexity index is 1970. The maximum Gasteiger partial charge on any atom is 0.292 e. The summed E-state index contributed by atoms with van der Waals surface area (Å²) in [6.07, 6.45) is 3.99. The highest BCUT2D eigenvalue weighted by molar-refractivity contribution is 7.91. The minimum atomic E-state index is -3.94. The van der Waals surface area contributed by atoms with Crippen molar-refractivity contribution in [2.45, 2.75) is 23.2 Å². The lowest BCUT2D eigenvalue weighted by Gasteiger charge is -2.40. The van der Waals surface area contributed by atoms with Crippen molar-refractivity contribution in [3.63, 3.8) is 0 Å². The van der Waals surface area contributed by atoms with Crippen LogP contribution in [-0.4, -0.2) is 65.1 Å². The van der Waals surface area contributed by atoms with Crippen LogP contribution in [0.1, 0.15) is 22.6 Å². The van der Waals surface area contributed by atoms with E-state index in [9.17, 15) is 23.2 Å². The van der Waals surface area contributed by atoms with Crippen molar-refractivity contribution in [2.24, 2.45) is 0 Å². The van der Waals surface area contributed by atoms with Gasteiger partial charge in [-0.1, -0.05) is 48.0 Å². The highest BCUT2D eigenvalue weighted by atomic mass is 35.5. The van der Waals surface area contributed by atoms with E-state index in [-0.39, 0.29) is 48.5 Å². The zero-order valence-corrected chi connectivity index (χ0v) is 26.1. The molecule has 3 aromatic heterocycles. The number of halogens is 1. The van der Waals surface area contributed by atoms with E-state index in [0.717, 1.165) is 27.0 Å². The van der Waals surface area contributed by atoms with Crippen LogP contribution in [0.15, 0.2) is 95.6 Å². The highest BCUT2D eigenvalue weighted by Crippen LogP contribution is 2.33. The molecular formula is C31H27ClN6O5S2. The minimum absolute atomic E-state index is 0.0174. The molecule has 1 unspecified atom stereocenters. The summed E-state index contributed by atoms with van der Waals surface area (Å²) in [6.45, 7) is 0.232. The third-order valence-electron chi connectivity index (χ3n) is 7.48. The Balaban J connectivity index is 1.24. The third kappa shape index (κ3) is 6.66. The summed E-state index contributed by atoms with van der Waals surface area (Å²) in [5, 5.41) is 16.3. The fourth-order valence-corrected chi connectivity index (χ4v) is 8.45. The Morgan fingerprint density at radius 3 is 2.53 bits per heavy atom. The van der Waals surface area contributed by atoms with E-state index in [4.69, 9.17) is 11.6 Å². The second-order valence-electron chi connectivity index (χ2n) is 10.4. The molecule has 230 valence electrons. The minimum Gasteiger partial charge on any atom is -0.618 e. The maximum absolute atomic E-state index is 13.8. The van der Waals surface area contributed by atoms with Crippen LogP contribution in [-0.2, 0) is 21.4 Å². The predicted octanol–water partition coefficient (Wildman–Crippen LogP) is 3.87. The molecule has 1 N–H and O–H groups in total. The summed E-state index contributed by atoms with van der Waals surface area (Å²) < 4.78 is 30.4. The molecule has 1 aliphatic rings. The number of carbonyl (C=O) groups excluding carboxylic acids is 2. The number of benzene rings is 2. The number of amides is 2. The number of sulfonamides is 1. The fourth-order valence-electron chi connectivity index (χ4n) is 5.16. The molecule has 0 radical (unpaired) electrons. The summed E-state index contributed by atoms with van der Waals surface area (Å²) in [5.74, 6) is -1.00. The number of aromatic nitrogens is 3. The van der Waals surface area contributed by atoms with Gasteiger partial charge in [-0.05, 0) is 35.2 Å². The van der Waals surface area contributed by atoms with Gasteiger partial charge >= 0.3 is 0 Å². The molecule has 0 aliphatic carbocycles. The van der Waals surface area contributed by atoms with Crippen molar-refractivity contribution >= 4 is 54.9 Å². The molecule has 4 heterocycles. The molecule has 1 aliphatic heterocycles. The summed E-state index contributed by atoms with van der Waals surface area (Å²) in [7, 11) is -3.94. The molecule has 5 aromatic rings. The smallest absolute Gasteiger partial charge is 0.292 e. The van der Waals surface area contributed by atoms with Crippen LogP contribution >= 0.6 is 22.9 Å². The molecule has 1 fully saturated rings. The number of nitrogens with zero attached hydrogens (tertiary/aromatic N) is 5. The normalized spacial score (nSPS) is 15.7. The van der Waals surface area contributed by atoms with E-state index in [2.05, 4.69) is 15.3 Å². The lowest BCUT2D eigenvalue weighted by molar-refractivity contribution is -0.593. The molecule has 1 saturated heterocycles. The van der Waals surface area contributed by atoms with Gasteiger partial charge in [-0.3, -0.25) is 9.59 Å². The van der Waals surface area contributed by atoms with Crippen molar-refractivity contribution < 1.29 is 22.7 Å². The average molecular weight is 663 g/mol. The van der Waals surface area contributed by atoms with E-state index in [0.29, 0.717) is 21.0 Å². The van der Waals surface area contributed by atoms with Crippen molar-refractivity contribution in [3.8, 4) is 11.3 Å². The molecular weight excluding hydrogens is 636 g/mol. The van der Waals surface area contributed by atoms with E-state index in [1.54, 1.807) is 42.5 Å². The Morgan fingerprint density at radius 1 is 1.02 bits per heavy atom. The zero-order chi connectivity index (χ0) is 31.6. The maximum atomic E-state index is 13.8. The van der Waals surface area contributed by atoms with Crippen molar-refractivity contribution in [1.29, 1.82) is 0 Å². The second kappa shape index (κ2) is 12.9. The van der Waals surface area contributed by atoms with E-state index >= 15 is 0 Å². The molecule has 45 heavy (non-hydrogen) atoms. The van der Waals surface area contributed by atoms with Crippen LogP contribution in [0.3, 0.4) is 0 Å². The van der Waals surface area contributed by atoms with Gasteiger partial charge < -0.3 is 15.4 Å². The number of carbonyl (C=O) groups is 2. The topological polar surface area (TPSA) is 140 Å². The molecule has 11 nitrogen and oxygen atoms in total. The van der Waals surface area contributed by atoms with E-state index in [1.807, 2.05) is 30.3 Å². The molecule has 0 saturated carbocycles. The lowest BCUT2D eigenvalue weighted by atomic mass is 10.1. The van der Waals surface area contributed by atoms with Crippen LogP contribution in [0, 0.1) is 5.21 Å². The first kappa shape index (κ1) is 30.6. The third-order valence-corrected chi connectivity index (χ3v) is 11.1. The van der Waals surface area contributed by atoms with E-state index < -0.39 is 22.0 Å². The average Bonchev–Trinajstić information content (AvgIpc) is 3.49. The monoisotopic (exact) mass is 662 g/mol. The van der Waals surface area contributed by atoms with Gasteiger partial charge in [0.25, 0.3) is 15.9 Å². The van der Waals surface area contributed by atoms with Gasteiger partial charge in [0, 0.05) is 66.8 Å². The fraction of sp³-hybridized carbons (Fsp3) is 0.194. The number of piperazine rings is 1. The van der Waals surface area contributed by atoms with Gasteiger partial charge in [0.1, 0.15) is 4.21 Å². The van der Waals surface area contributed by atoms with Gasteiger partial charge in [0.05, 0.1) is 11.6 Å². The van der Waals surface area contributed by atoms with Crippen LogP contribution in [0.2, 0.25) is 5.02 Å². The summed E-state index contributed by atoms with van der Waals surface area (Å²) in [6, 6.07) is 20.3.